The fraction of sp³-hybridized carbons (Fsp3) is 0.500. The van der Waals surface area contributed by atoms with Gasteiger partial charge in [-0.3, -0.25) is 14.7 Å². The summed E-state index contributed by atoms with van der Waals surface area (Å²) in [6, 6.07) is 0. The maximum absolute atomic E-state index is 11.7. The number of nitrogens with zero attached hydrogens (tertiary/aromatic N) is 1. The molecule has 86 valence electrons. The van der Waals surface area contributed by atoms with Gasteiger partial charge in [0, 0.05) is 0 Å². The van der Waals surface area contributed by atoms with Crippen molar-refractivity contribution in [1.29, 1.82) is 0 Å². The zero-order chi connectivity index (χ0) is 11.9. The standard InChI is InChI=1S/C10H13N3O3/c1-4-8(5(2)13-12-4)11-9(14)6-3-7(6)10(15)16/h6-7H,3H2,1-2H3,(H,11,14)(H,12,13)(H,15,16)/t6-,7-/m1/s1. The third-order valence-corrected chi connectivity index (χ3v) is 2.82. The quantitative estimate of drug-likeness (QED) is 0.702. The summed E-state index contributed by atoms with van der Waals surface area (Å²) in [5.41, 5.74) is 2.14. The zero-order valence-corrected chi connectivity index (χ0v) is 9.07. The molecule has 1 saturated carbocycles. The Balaban J connectivity index is 2.02. The first-order chi connectivity index (χ1) is 7.50. The molecule has 0 radical (unpaired) electrons. The number of amides is 1. The Morgan fingerprint density at radius 1 is 1.44 bits per heavy atom. The second-order valence-electron chi connectivity index (χ2n) is 4.09. The first kappa shape index (κ1) is 10.7. The van der Waals surface area contributed by atoms with Gasteiger partial charge in [-0.05, 0) is 20.3 Å². The van der Waals surface area contributed by atoms with Crippen LogP contribution in [0.2, 0.25) is 0 Å². The van der Waals surface area contributed by atoms with Crippen LogP contribution < -0.4 is 5.32 Å². The second-order valence-corrected chi connectivity index (χ2v) is 4.09. The Labute approximate surface area is 92.0 Å². The van der Waals surface area contributed by atoms with Crippen molar-refractivity contribution in [2.24, 2.45) is 11.8 Å². The second kappa shape index (κ2) is 3.62. The van der Waals surface area contributed by atoms with E-state index in [0.717, 1.165) is 5.69 Å². The van der Waals surface area contributed by atoms with E-state index in [1.165, 1.54) is 0 Å². The maximum atomic E-state index is 11.7. The number of nitrogens with one attached hydrogen (secondary N) is 2. The van der Waals surface area contributed by atoms with Crippen molar-refractivity contribution in [2.75, 3.05) is 5.32 Å². The van der Waals surface area contributed by atoms with Gasteiger partial charge in [-0.15, -0.1) is 0 Å². The summed E-state index contributed by atoms with van der Waals surface area (Å²) in [6.45, 7) is 3.58. The summed E-state index contributed by atoms with van der Waals surface area (Å²) in [4.78, 5) is 22.3. The van der Waals surface area contributed by atoms with Crippen LogP contribution >= 0.6 is 0 Å². The van der Waals surface area contributed by atoms with Gasteiger partial charge in [0.1, 0.15) is 0 Å². The van der Waals surface area contributed by atoms with Crippen molar-refractivity contribution in [3.05, 3.63) is 11.4 Å². The summed E-state index contributed by atoms with van der Waals surface area (Å²) in [7, 11) is 0. The lowest BCUT2D eigenvalue weighted by Crippen LogP contribution is -2.17. The van der Waals surface area contributed by atoms with Crippen molar-refractivity contribution in [3.63, 3.8) is 0 Å². The Morgan fingerprint density at radius 3 is 2.56 bits per heavy atom. The van der Waals surface area contributed by atoms with Crippen molar-refractivity contribution in [3.8, 4) is 0 Å². The molecule has 1 heterocycles. The molecule has 6 heteroatoms. The van der Waals surface area contributed by atoms with Crippen LogP contribution in [0.5, 0.6) is 0 Å². The molecule has 3 N–H and O–H groups in total. The number of rotatable bonds is 3. The van der Waals surface area contributed by atoms with E-state index in [9.17, 15) is 9.59 Å². The van der Waals surface area contributed by atoms with Crippen LogP contribution in [0.15, 0.2) is 0 Å². The van der Waals surface area contributed by atoms with Crippen LogP contribution in [0.4, 0.5) is 5.69 Å². The number of carboxylic acids is 1. The summed E-state index contributed by atoms with van der Waals surface area (Å²) >= 11 is 0. The third-order valence-electron chi connectivity index (χ3n) is 2.82. The molecule has 0 bridgehead atoms. The highest BCUT2D eigenvalue weighted by molar-refractivity contribution is 5.98. The number of H-pyrrole nitrogens is 1. The number of carboxylic acid groups (broad SMARTS) is 1. The smallest absolute Gasteiger partial charge is 0.307 e. The molecule has 0 unspecified atom stereocenters. The van der Waals surface area contributed by atoms with E-state index in [0.29, 0.717) is 17.8 Å². The van der Waals surface area contributed by atoms with Gasteiger partial charge in [0.05, 0.1) is 28.9 Å². The maximum Gasteiger partial charge on any atom is 0.307 e. The Morgan fingerprint density at radius 2 is 2.12 bits per heavy atom. The van der Waals surface area contributed by atoms with Crippen molar-refractivity contribution >= 4 is 17.6 Å². The molecular formula is C10H13N3O3. The fourth-order valence-corrected chi connectivity index (χ4v) is 1.71. The van der Waals surface area contributed by atoms with Gasteiger partial charge in [-0.2, -0.15) is 5.10 Å². The number of hydrogen-bond acceptors (Lipinski definition) is 3. The van der Waals surface area contributed by atoms with Crippen LogP contribution in [0.1, 0.15) is 17.8 Å². The molecule has 1 aromatic rings. The third kappa shape index (κ3) is 1.78. The molecule has 1 aromatic heterocycles. The van der Waals surface area contributed by atoms with Gasteiger partial charge in [0.2, 0.25) is 5.91 Å². The molecule has 0 aliphatic heterocycles. The fourth-order valence-electron chi connectivity index (χ4n) is 1.71. The predicted molar refractivity (Wildman–Crippen MR) is 55.9 cm³/mol. The molecule has 1 aliphatic rings. The van der Waals surface area contributed by atoms with Crippen LogP contribution in [0.3, 0.4) is 0 Å². The number of anilines is 1. The molecule has 2 rings (SSSR count). The molecule has 2 atom stereocenters. The van der Waals surface area contributed by atoms with Gasteiger partial charge in [-0.1, -0.05) is 0 Å². The highest BCUT2D eigenvalue weighted by Gasteiger charge is 2.48. The lowest BCUT2D eigenvalue weighted by atomic mass is 10.2. The highest BCUT2D eigenvalue weighted by Crippen LogP contribution is 2.39. The monoisotopic (exact) mass is 223 g/mol. The molecule has 0 saturated heterocycles. The van der Waals surface area contributed by atoms with Gasteiger partial charge < -0.3 is 10.4 Å². The first-order valence-corrected chi connectivity index (χ1v) is 5.06. The Kier molecular flexibility index (Phi) is 2.41. The van der Waals surface area contributed by atoms with Crippen LogP contribution in [0.25, 0.3) is 0 Å². The van der Waals surface area contributed by atoms with Crippen LogP contribution in [-0.2, 0) is 9.59 Å². The van der Waals surface area contributed by atoms with E-state index in [1.807, 2.05) is 0 Å². The number of aromatic nitrogens is 2. The number of carbonyl (C=O) groups is 2. The van der Waals surface area contributed by atoms with E-state index < -0.39 is 17.8 Å². The normalized spacial score (nSPS) is 22.9. The molecule has 16 heavy (non-hydrogen) atoms. The van der Waals surface area contributed by atoms with E-state index >= 15 is 0 Å². The number of aryl methyl sites for hydroxylation is 2. The zero-order valence-electron chi connectivity index (χ0n) is 9.07. The minimum atomic E-state index is -0.902. The summed E-state index contributed by atoms with van der Waals surface area (Å²) in [5, 5.41) is 18.1. The lowest BCUT2D eigenvalue weighted by Gasteiger charge is -2.03. The van der Waals surface area contributed by atoms with Gasteiger partial charge in [0.25, 0.3) is 0 Å². The number of hydrogen-bond donors (Lipinski definition) is 3. The predicted octanol–water partition coefficient (Wildman–Crippen LogP) is 0.686. The largest absolute Gasteiger partial charge is 0.481 e. The van der Waals surface area contributed by atoms with Crippen molar-refractivity contribution < 1.29 is 14.7 Å². The van der Waals surface area contributed by atoms with Gasteiger partial charge >= 0.3 is 5.97 Å². The summed E-state index contributed by atoms with van der Waals surface area (Å²) < 4.78 is 0. The topological polar surface area (TPSA) is 95.1 Å². The van der Waals surface area contributed by atoms with E-state index in [2.05, 4.69) is 15.5 Å². The molecule has 0 spiro atoms. The van der Waals surface area contributed by atoms with Gasteiger partial charge in [-0.25, -0.2) is 0 Å². The first-order valence-electron chi connectivity index (χ1n) is 5.06. The molecule has 0 aromatic carbocycles. The van der Waals surface area contributed by atoms with Gasteiger partial charge in [0.15, 0.2) is 0 Å². The van der Waals surface area contributed by atoms with Crippen molar-refractivity contribution in [1.82, 2.24) is 10.2 Å². The van der Waals surface area contributed by atoms with E-state index in [-0.39, 0.29) is 5.91 Å². The molecule has 6 nitrogen and oxygen atoms in total. The Hall–Kier alpha value is -1.85. The average molecular weight is 223 g/mol. The minimum Gasteiger partial charge on any atom is -0.481 e. The molecule has 1 fully saturated rings. The highest BCUT2D eigenvalue weighted by atomic mass is 16.4. The number of aliphatic carboxylic acids is 1. The summed E-state index contributed by atoms with van der Waals surface area (Å²) in [5.74, 6) is -2.06. The molecular weight excluding hydrogens is 210 g/mol. The SMILES string of the molecule is Cc1n[nH]c(C)c1NC(=O)[C@@H]1C[C@H]1C(=O)O. The van der Waals surface area contributed by atoms with Crippen molar-refractivity contribution in [2.45, 2.75) is 20.3 Å². The summed E-state index contributed by atoms with van der Waals surface area (Å²) in [6.07, 6.45) is 0.428. The number of carbonyl (C=O) groups excluding carboxylic acids is 1. The minimum absolute atomic E-state index is 0.236. The van der Waals surface area contributed by atoms with Crippen LogP contribution in [0, 0.1) is 25.7 Å². The molecule has 1 amide bonds. The van der Waals surface area contributed by atoms with Crippen LogP contribution in [-0.4, -0.2) is 27.2 Å². The Bertz CT molecular complexity index is 433. The molecule has 1 aliphatic carbocycles. The average Bonchev–Trinajstić information content (AvgIpc) is 2.96. The van der Waals surface area contributed by atoms with E-state index in [1.54, 1.807) is 13.8 Å². The van der Waals surface area contributed by atoms with E-state index in [4.69, 9.17) is 5.11 Å². The lowest BCUT2D eigenvalue weighted by molar-refractivity contribution is -0.139. The number of aromatic amines is 1.